The van der Waals surface area contributed by atoms with E-state index in [4.69, 9.17) is 0 Å². The van der Waals surface area contributed by atoms with Crippen LogP contribution < -0.4 is 5.32 Å². The Labute approximate surface area is 108 Å². The molecule has 0 bridgehead atoms. The molecule has 1 N–H and O–H groups in total. The predicted octanol–water partition coefficient (Wildman–Crippen LogP) is 4.68. The molecule has 0 aromatic heterocycles. The summed E-state index contributed by atoms with van der Waals surface area (Å²) in [6.45, 7) is 9.72. The highest BCUT2D eigenvalue weighted by Gasteiger charge is 2.01. The number of nitrogens with one attached hydrogen (secondary N) is 1. The maximum atomic E-state index is 4.37. The van der Waals surface area contributed by atoms with Crippen LogP contribution in [-0.2, 0) is 0 Å². The van der Waals surface area contributed by atoms with Gasteiger partial charge in [-0.25, -0.2) is 0 Å². The van der Waals surface area contributed by atoms with Gasteiger partial charge in [-0.05, 0) is 50.7 Å². The van der Waals surface area contributed by atoms with E-state index in [9.17, 15) is 0 Å². The van der Waals surface area contributed by atoms with Crippen LogP contribution >= 0.6 is 11.8 Å². The number of thioether (sulfide) groups is 1. The first-order chi connectivity index (χ1) is 8.17. The van der Waals surface area contributed by atoms with Gasteiger partial charge >= 0.3 is 0 Å². The lowest BCUT2D eigenvalue weighted by Crippen LogP contribution is -1.86. The van der Waals surface area contributed by atoms with Gasteiger partial charge in [0, 0.05) is 16.8 Å². The molecule has 0 atom stereocenters. The van der Waals surface area contributed by atoms with E-state index in [0.717, 1.165) is 10.7 Å². The van der Waals surface area contributed by atoms with Gasteiger partial charge in [0.05, 0.1) is 5.03 Å². The molecule has 3 heteroatoms. The van der Waals surface area contributed by atoms with Crippen molar-refractivity contribution in [1.82, 2.24) is 0 Å². The first kappa shape index (κ1) is 13.6. The minimum absolute atomic E-state index is 1.04. The number of nitrogens with zero attached hydrogens (tertiary/aromatic N) is 1. The molecule has 2 nitrogen and oxygen atoms in total. The molecular weight excluding hydrogens is 228 g/mol. The number of hydrogen-bond acceptors (Lipinski definition) is 3. The Morgan fingerprint density at radius 3 is 2.76 bits per heavy atom. The Balaban J connectivity index is 2.90. The summed E-state index contributed by atoms with van der Waals surface area (Å²) in [5, 5.41) is 4.12. The fraction of sp³-hybridized carbons (Fsp3) is 0.214. The van der Waals surface area contributed by atoms with Crippen LogP contribution in [-0.4, -0.2) is 6.21 Å². The molecular formula is C14H18N2S. The summed E-state index contributed by atoms with van der Waals surface area (Å²) in [5.74, 6) is 0. The summed E-state index contributed by atoms with van der Waals surface area (Å²) in [6.07, 6.45) is 3.50. The van der Waals surface area contributed by atoms with E-state index in [1.807, 2.05) is 25.3 Å². The molecule has 17 heavy (non-hydrogen) atoms. The van der Waals surface area contributed by atoms with Crippen LogP contribution in [0.3, 0.4) is 0 Å². The maximum Gasteiger partial charge on any atom is 0.0989 e. The summed E-state index contributed by atoms with van der Waals surface area (Å²) in [7, 11) is 0. The molecule has 0 unspecified atom stereocenters. The minimum atomic E-state index is 1.04. The van der Waals surface area contributed by atoms with Gasteiger partial charge in [0.2, 0.25) is 0 Å². The van der Waals surface area contributed by atoms with Gasteiger partial charge in [0.15, 0.2) is 0 Å². The van der Waals surface area contributed by atoms with Crippen molar-refractivity contribution in [3.05, 3.63) is 47.6 Å². The fourth-order valence-electron chi connectivity index (χ4n) is 1.25. The number of anilines is 1. The Morgan fingerprint density at radius 1 is 1.41 bits per heavy atom. The molecule has 1 rings (SSSR count). The molecule has 0 radical (unpaired) electrons. The zero-order valence-corrected chi connectivity index (χ0v) is 11.3. The van der Waals surface area contributed by atoms with Gasteiger partial charge in [0.1, 0.15) is 0 Å². The van der Waals surface area contributed by atoms with E-state index in [0.29, 0.717) is 0 Å². The molecule has 0 saturated heterocycles. The van der Waals surface area contributed by atoms with Gasteiger partial charge in [-0.15, -0.1) is 0 Å². The summed E-state index contributed by atoms with van der Waals surface area (Å²) in [5.41, 5.74) is 2.26. The molecule has 0 spiro atoms. The molecule has 0 heterocycles. The lowest BCUT2D eigenvalue weighted by Gasteiger charge is -2.06. The van der Waals surface area contributed by atoms with Crippen LogP contribution in [0.1, 0.15) is 20.8 Å². The normalized spacial score (nSPS) is 10.3. The predicted molar refractivity (Wildman–Crippen MR) is 78.7 cm³/mol. The molecule has 0 fully saturated rings. The van der Waals surface area contributed by atoms with Gasteiger partial charge in [-0.1, -0.05) is 24.4 Å². The lowest BCUT2D eigenvalue weighted by atomic mass is 10.3. The van der Waals surface area contributed by atoms with E-state index in [1.54, 1.807) is 18.0 Å². The molecule has 0 aliphatic heterocycles. The highest BCUT2D eigenvalue weighted by atomic mass is 32.2. The number of benzene rings is 1. The molecule has 1 aromatic rings. The minimum Gasteiger partial charge on any atom is -0.362 e. The first-order valence-electron chi connectivity index (χ1n) is 5.49. The SMILES string of the molecule is C=CNc1cccc(SC(/N=C\C)=C(C)C)c1. The van der Waals surface area contributed by atoms with Gasteiger partial charge in [-0.3, -0.25) is 4.99 Å². The van der Waals surface area contributed by atoms with Crippen LogP contribution in [0.5, 0.6) is 0 Å². The molecule has 0 aliphatic carbocycles. The Bertz CT molecular complexity index is 443. The standard InChI is InChI=1S/C14H18N2S/c1-5-15-12-8-7-9-13(10-12)17-14(11(3)4)16-6-2/h5-10,15H,1H2,2-4H3/b16-6-. The van der Waals surface area contributed by atoms with Crippen LogP contribution in [0.4, 0.5) is 5.69 Å². The topological polar surface area (TPSA) is 24.4 Å². The largest absolute Gasteiger partial charge is 0.362 e. The Kier molecular flexibility index (Phi) is 5.57. The highest BCUT2D eigenvalue weighted by Crippen LogP contribution is 2.31. The summed E-state index contributed by atoms with van der Waals surface area (Å²) < 4.78 is 0. The van der Waals surface area contributed by atoms with Crippen molar-refractivity contribution in [2.45, 2.75) is 25.7 Å². The fourth-order valence-corrected chi connectivity index (χ4v) is 2.17. The zero-order valence-electron chi connectivity index (χ0n) is 10.5. The highest BCUT2D eigenvalue weighted by molar-refractivity contribution is 8.03. The number of allylic oxidation sites excluding steroid dienone is 1. The third-order valence-electron chi connectivity index (χ3n) is 1.99. The van der Waals surface area contributed by atoms with E-state index in [2.05, 4.69) is 42.9 Å². The summed E-state index contributed by atoms with van der Waals surface area (Å²) >= 11 is 1.67. The van der Waals surface area contributed by atoms with Crippen molar-refractivity contribution >= 4 is 23.7 Å². The molecule has 0 aliphatic rings. The van der Waals surface area contributed by atoms with Crippen molar-refractivity contribution in [1.29, 1.82) is 0 Å². The van der Waals surface area contributed by atoms with Gasteiger partial charge < -0.3 is 5.32 Å². The monoisotopic (exact) mass is 246 g/mol. The third kappa shape index (κ3) is 4.49. The smallest absolute Gasteiger partial charge is 0.0989 e. The average molecular weight is 246 g/mol. The number of aliphatic imine (C=N–C) groups is 1. The molecule has 1 aromatic carbocycles. The Morgan fingerprint density at radius 2 is 2.18 bits per heavy atom. The second-order valence-corrected chi connectivity index (χ2v) is 4.73. The lowest BCUT2D eigenvalue weighted by molar-refractivity contribution is 1.30. The van der Waals surface area contributed by atoms with Gasteiger partial charge in [-0.2, -0.15) is 0 Å². The number of hydrogen-bond donors (Lipinski definition) is 1. The van der Waals surface area contributed by atoms with E-state index < -0.39 is 0 Å². The first-order valence-corrected chi connectivity index (χ1v) is 6.30. The van der Waals surface area contributed by atoms with Crippen molar-refractivity contribution in [3.8, 4) is 0 Å². The Hall–Kier alpha value is -1.48. The van der Waals surface area contributed by atoms with Crippen molar-refractivity contribution in [2.75, 3.05) is 5.32 Å². The van der Waals surface area contributed by atoms with Gasteiger partial charge in [0.25, 0.3) is 0 Å². The van der Waals surface area contributed by atoms with Crippen LogP contribution in [0.25, 0.3) is 0 Å². The zero-order chi connectivity index (χ0) is 12.7. The van der Waals surface area contributed by atoms with Crippen LogP contribution in [0.15, 0.2) is 57.5 Å². The number of rotatable bonds is 5. The summed E-state index contributed by atoms with van der Waals surface area (Å²) in [4.78, 5) is 5.54. The maximum absolute atomic E-state index is 4.37. The summed E-state index contributed by atoms with van der Waals surface area (Å²) in [6, 6.07) is 8.19. The van der Waals surface area contributed by atoms with E-state index in [-0.39, 0.29) is 0 Å². The van der Waals surface area contributed by atoms with Crippen LogP contribution in [0.2, 0.25) is 0 Å². The van der Waals surface area contributed by atoms with Crippen LogP contribution in [0, 0.1) is 0 Å². The van der Waals surface area contributed by atoms with Crippen molar-refractivity contribution < 1.29 is 0 Å². The second-order valence-electron chi connectivity index (χ2n) is 3.67. The second kappa shape index (κ2) is 6.97. The molecule has 0 amide bonds. The van der Waals surface area contributed by atoms with Crippen molar-refractivity contribution in [3.63, 3.8) is 0 Å². The van der Waals surface area contributed by atoms with E-state index in [1.165, 1.54) is 10.5 Å². The van der Waals surface area contributed by atoms with E-state index >= 15 is 0 Å². The third-order valence-corrected chi connectivity index (χ3v) is 3.19. The average Bonchev–Trinajstić information content (AvgIpc) is 2.29. The molecule has 90 valence electrons. The quantitative estimate of drug-likeness (QED) is 0.602. The molecule has 0 saturated carbocycles. The van der Waals surface area contributed by atoms with Crippen molar-refractivity contribution in [2.24, 2.45) is 4.99 Å².